The number of hydrogen-bond donors (Lipinski definition) is 7. The number of amides is 5. The largest absolute Gasteiger partial charge is 0.497 e. The van der Waals surface area contributed by atoms with Gasteiger partial charge < -0.3 is 51.2 Å². The van der Waals surface area contributed by atoms with Crippen molar-refractivity contribution in [2.24, 2.45) is 29.6 Å². The van der Waals surface area contributed by atoms with Crippen LogP contribution < -0.4 is 31.3 Å². The predicted octanol–water partition coefficient (Wildman–Crippen LogP) is 2.45. The Balaban J connectivity index is 2.33. The van der Waals surface area contributed by atoms with Crippen LogP contribution in [0.2, 0.25) is 0 Å². The number of nitrogens with zero attached hydrogens (tertiary/aromatic N) is 2. The maximum Gasteiger partial charge on any atom is 0.326 e. The number of carbonyl (C=O) groups is 8. The third-order valence-corrected chi connectivity index (χ3v) is 12.8. The molecule has 1 heterocycles. The lowest BCUT2D eigenvalue weighted by Gasteiger charge is -2.34. The van der Waals surface area contributed by atoms with E-state index in [1.165, 1.54) is 18.7 Å². The van der Waals surface area contributed by atoms with Gasteiger partial charge in [-0.3, -0.25) is 38.5 Å². The maximum atomic E-state index is 14.4. The number of aliphatic carboxylic acids is 1. The number of rotatable bonds is 29. The van der Waals surface area contributed by atoms with Gasteiger partial charge in [-0.2, -0.15) is 0 Å². The average molecular weight is 974 g/mol. The van der Waals surface area contributed by atoms with Crippen LogP contribution in [0.15, 0.2) is 24.3 Å². The molecule has 2 rings (SSSR count). The van der Waals surface area contributed by atoms with Crippen LogP contribution in [0, 0.1) is 29.6 Å². The number of ketones is 1. The van der Waals surface area contributed by atoms with Gasteiger partial charge in [0.15, 0.2) is 5.78 Å². The SMILES string of the molecule is CC[C@H](C)[C@@H](NC(=O)C(NC(=O)[C@@H](CC(C)C)N(C)C)[C@@H](C)OC(=O)[C@H](Cc1ccc(OC)cc1)NC)C(O)CC(=O)N[C@H](C(=O)[C@H](C)C(=O)N[C@@H](CC(C)C)C(=O)N1CCC[C@@H]1C(=O)O)C(C)C. The van der Waals surface area contributed by atoms with Gasteiger partial charge in [0.25, 0.3) is 0 Å². The van der Waals surface area contributed by atoms with Crippen molar-refractivity contribution in [2.45, 2.75) is 169 Å². The minimum absolute atomic E-state index is 0.0579. The molecule has 1 aromatic carbocycles. The lowest BCUT2D eigenvalue weighted by Crippen LogP contribution is -2.61. The smallest absolute Gasteiger partial charge is 0.326 e. The molecule has 7 N–H and O–H groups in total. The highest BCUT2D eigenvalue weighted by molar-refractivity contribution is 6.05. The maximum absolute atomic E-state index is 14.4. The fraction of sp³-hybridized carbons (Fsp3) is 0.720. The van der Waals surface area contributed by atoms with Crippen LogP contribution in [0.4, 0.5) is 0 Å². The molecule has 0 radical (unpaired) electrons. The summed E-state index contributed by atoms with van der Waals surface area (Å²) >= 11 is 0. The molecule has 1 aromatic rings. The van der Waals surface area contributed by atoms with Gasteiger partial charge >= 0.3 is 11.9 Å². The summed E-state index contributed by atoms with van der Waals surface area (Å²) in [5.41, 5.74) is 0.818. The minimum Gasteiger partial charge on any atom is -0.497 e. The van der Waals surface area contributed by atoms with Crippen molar-refractivity contribution in [1.29, 1.82) is 0 Å². The topological polar surface area (TPSA) is 262 Å². The highest BCUT2D eigenvalue weighted by Gasteiger charge is 2.41. The van der Waals surface area contributed by atoms with E-state index >= 15 is 0 Å². The Kier molecular flexibility index (Phi) is 24.8. The van der Waals surface area contributed by atoms with E-state index < -0.39 is 126 Å². The minimum atomic E-state index is -1.50. The highest BCUT2D eigenvalue weighted by atomic mass is 16.5. The average Bonchev–Trinajstić information content (AvgIpc) is 3.79. The monoisotopic (exact) mass is 974 g/mol. The number of methoxy groups -OCH3 is 1. The lowest BCUT2D eigenvalue weighted by atomic mass is 9.89. The number of carboxylic acid groups (broad SMARTS) is 1. The van der Waals surface area contributed by atoms with Crippen LogP contribution in [0.1, 0.15) is 113 Å². The van der Waals surface area contributed by atoms with Gasteiger partial charge in [0.1, 0.15) is 36.0 Å². The molecule has 1 fully saturated rings. The molecule has 0 saturated carbocycles. The molecule has 1 saturated heterocycles. The third kappa shape index (κ3) is 18.3. The normalized spacial score (nSPS) is 18.2. The van der Waals surface area contributed by atoms with Gasteiger partial charge in [-0.25, -0.2) is 4.79 Å². The number of hydrogen-bond acceptors (Lipinski definition) is 13. The number of ether oxygens (including phenoxy) is 2. The summed E-state index contributed by atoms with van der Waals surface area (Å²) < 4.78 is 11.1. The Morgan fingerprint density at radius 3 is 1.91 bits per heavy atom. The first-order valence-corrected chi connectivity index (χ1v) is 24.4. The second kappa shape index (κ2) is 28.5. The number of esters is 1. The number of likely N-dealkylation sites (N-methyl/N-ethyl adjacent to an activating group) is 2. The lowest BCUT2D eigenvalue weighted by molar-refractivity contribution is -0.155. The molecule has 0 spiro atoms. The summed E-state index contributed by atoms with van der Waals surface area (Å²) in [5.74, 6) is -7.27. The first-order chi connectivity index (χ1) is 32.3. The third-order valence-electron chi connectivity index (χ3n) is 12.8. The zero-order chi connectivity index (χ0) is 52.4. The van der Waals surface area contributed by atoms with E-state index in [9.17, 15) is 48.6 Å². The molecular formula is C50H83N7O12. The predicted molar refractivity (Wildman–Crippen MR) is 261 cm³/mol. The van der Waals surface area contributed by atoms with E-state index in [0.29, 0.717) is 31.4 Å². The number of Topliss-reactive ketones (excluding diaryl/α,β-unsaturated/α-hetero) is 1. The van der Waals surface area contributed by atoms with Crippen molar-refractivity contribution in [3.63, 3.8) is 0 Å². The summed E-state index contributed by atoms with van der Waals surface area (Å²) in [4.78, 5) is 112. The van der Waals surface area contributed by atoms with E-state index in [2.05, 4.69) is 26.6 Å². The zero-order valence-electron chi connectivity index (χ0n) is 43.4. The summed E-state index contributed by atoms with van der Waals surface area (Å²) in [7, 11) is 6.65. The molecule has 1 aliphatic heterocycles. The van der Waals surface area contributed by atoms with Crippen LogP contribution in [-0.4, -0.2) is 157 Å². The van der Waals surface area contributed by atoms with Crippen molar-refractivity contribution in [2.75, 3.05) is 34.8 Å². The number of nitrogens with one attached hydrogen (secondary N) is 5. The number of carbonyl (C=O) groups excluding carboxylic acids is 7. The van der Waals surface area contributed by atoms with Crippen molar-refractivity contribution in [3.8, 4) is 5.75 Å². The summed E-state index contributed by atoms with van der Waals surface area (Å²) in [5, 5.41) is 35.3. The van der Waals surface area contributed by atoms with Crippen LogP contribution in [0.25, 0.3) is 0 Å². The van der Waals surface area contributed by atoms with Crippen LogP contribution in [0.3, 0.4) is 0 Å². The fourth-order valence-corrected chi connectivity index (χ4v) is 8.40. The van der Waals surface area contributed by atoms with E-state index in [1.807, 2.05) is 46.8 Å². The van der Waals surface area contributed by atoms with Gasteiger partial charge in [-0.05, 0) is 108 Å². The number of aliphatic hydroxyl groups is 1. The van der Waals surface area contributed by atoms with Gasteiger partial charge in [0.05, 0.1) is 43.7 Å². The molecule has 390 valence electrons. The van der Waals surface area contributed by atoms with Crippen molar-refractivity contribution in [3.05, 3.63) is 29.8 Å². The highest BCUT2D eigenvalue weighted by Crippen LogP contribution is 2.22. The molecule has 11 atom stereocenters. The molecule has 0 bridgehead atoms. The molecular weight excluding hydrogens is 891 g/mol. The molecule has 0 aliphatic carbocycles. The Labute approximate surface area is 409 Å². The van der Waals surface area contributed by atoms with Crippen molar-refractivity contribution < 1.29 is 58.0 Å². The number of aliphatic hydroxyl groups excluding tert-OH is 1. The van der Waals surface area contributed by atoms with Gasteiger partial charge in [-0.15, -0.1) is 0 Å². The Bertz CT molecular complexity index is 1880. The molecule has 69 heavy (non-hydrogen) atoms. The first-order valence-electron chi connectivity index (χ1n) is 24.4. The van der Waals surface area contributed by atoms with E-state index in [1.54, 1.807) is 66.1 Å². The molecule has 1 aliphatic rings. The first kappa shape index (κ1) is 60.0. The van der Waals surface area contributed by atoms with E-state index in [-0.39, 0.29) is 31.2 Å². The second-order valence-corrected chi connectivity index (χ2v) is 20.0. The number of carboxylic acids is 1. The molecule has 2 unspecified atom stereocenters. The second-order valence-electron chi connectivity index (χ2n) is 20.0. The summed E-state index contributed by atoms with van der Waals surface area (Å²) in [6, 6.07) is -0.0309. The Morgan fingerprint density at radius 2 is 1.41 bits per heavy atom. The van der Waals surface area contributed by atoms with Crippen LogP contribution in [-0.2, 0) is 49.5 Å². The number of likely N-dealkylation sites (tertiary alicyclic amines) is 1. The zero-order valence-corrected chi connectivity index (χ0v) is 43.4. The van der Waals surface area contributed by atoms with Gasteiger partial charge in [0.2, 0.25) is 29.5 Å². The van der Waals surface area contributed by atoms with Crippen molar-refractivity contribution >= 4 is 47.3 Å². The standard InChI is InChI=1S/C50H83N7O12/c1-15-30(8)42(39(58)26-40(59)53-41(29(6)7)44(60)31(9)45(61)52-35(23-27(2)3)48(64)57-22-16-17-37(57)49(65)66)54-47(63)43(55-46(62)38(56(12)13)24-28(4)5)32(10)69-50(67)36(51-11)25-33-18-20-34(68-14)21-19-33/h18-21,27-32,35-39,41-43,51,58H,15-17,22-26H2,1-14H3,(H,52,61)(H,53,59)(H,54,63)(H,55,62)(H,65,66)/t30-,31-,32+,35-,36-,37+,38+,39?,41-,42+,43?/m0/s1. The Hall–Kier alpha value is -5.14. The van der Waals surface area contributed by atoms with E-state index in [0.717, 1.165) is 5.56 Å². The van der Waals surface area contributed by atoms with Gasteiger partial charge in [0, 0.05) is 6.54 Å². The molecule has 19 heteroatoms. The summed E-state index contributed by atoms with van der Waals surface area (Å²) in [6.45, 7) is 17.7. The van der Waals surface area contributed by atoms with Gasteiger partial charge in [-0.1, -0.05) is 73.9 Å². The van der Waals surface area contributed by atoms with Crippen LogP contribution in [0.5, 0.6) is 5.75 Å². The Morgan fingerprint density at radius 1 is 0.797 bits per heavy atom. The molecule has 5 amide bonds. The fourth-order valence-electron chi connectivity index (χ4n) is 8.40. The summed E-state index contributed by atoms with van der Waals surface area (Å²) in [6.07, 6.45) is -1.10. The quantitative estimate of drug-likeness (QED) is 0.0450. The number of benzene rings is 1. The van der Waals surface area contributed by atoms with E-state index in [4.69, 9.17) is 9.47 Å². The van der Waals surface area contributed by atoms with Crippen LogP contribution >= 0.6 is 0 Å². The molecule has 0 aromatic heterocycles. The van der Waals surface area contributed by atoms with Crippen molar-refractivity contribution in [1.82, 2.24) is 36.4 Å². The molecule has 19 nitrogen and oxygen atoms in total.